The summed E-state index contributed by atoms with van der Waals surface area (Å²) >= 11 is 5.97. The predicted molar refractivity (Wildman–Crippen MR) is 59.4 cm³/mol. The molecule has 2 nitrogen and oxygen atoms in total. The maximum atomic E-state index is 9.07. The van der Waals surface area contributed by atoms with E-state index in [0.29, 0.717) is 11.3 Å². The molecule has 4 heteroatoms. The number of aliphatic hydroxyl groups is 1. The summed E-state index contributed by atoms with van der Waals surface area (Å²) in [6, 6.07) is 3.87. The van der Waals surface area contributed by atoms with E-state index in [1.54, 1.807) is 11.3 Å². The van der Waals surface area contributed by atoms with Gasteiger partial charge in [-0.3, -0.25) is 0 Å². The fourth-order valence-electron chi connectivity index (χ4n) is 1.32. The molecule has 0 fully saturated rings. The highest BCUT2D eigenvalue weighted by atomic mass is 32.1. The fraction of sp³-hybridized carbons (Fsp3) is 0.111. The number of fused-ring (bicyclic) bond motifs is 1. The van der Waals surface area contributed by atoms with Gasteiger partial charge in [-0.15, -0.1) is 24.0 Å². The quantitative estimate of drug-likeness (QED) is 0.500. The van der Waals surface area contributed by atoms with Gasteiger partial charge >= 0.3 is 0 Å². The summed E-state index contributed by atoms with van der Waals surface area (Å²) in [5.41, 5.74) is 7.09. The minimum absolute atomic E-state index is 0.0591. The molecule has 0 spiro atoms. The minimum Gasteiger partial charge on any atom is -0.398 e. The van der Waals surface area contributed by atoms with E-state index in [9.17, 15) is 0 Å². The summed E-state index contributed by atoms with van der Waals surface area (Å²) in [7, 11) is 0. The van der Waals surface area contributed by atoms with Crippen LogP contribution in [-0.4, -0.2) is 5.11 Å². The van der Waals surface area contributed by atoms with E-state index >= 15 is 0 Å². The number of rotatable bonds is 1. The zero-order chi connectivity index (χ0) is 9.42. The van der Waals surface area contributed by atoms with Crippen molar-refractivity contribution in [1.29, 1.82) is 0 Å². The van der Waals surface area contributed by atoms with Gasteiger partial charge in [0.2, 0.25) is 0 Å². The number of nitrogens with two attached hydrogens (primary N) is 1. The van der Waals surface area contributed by atoms with Crippen molar-refractivity contribution in [1.82, 2.24) is 0 Å². The van der Waals surface area contributed by atoms with E-state index in [-0.39, 0.29) is 6.61 Å². The standard InChI is InChI=1S/C9H9NOS2/c10-7-3-8-5(1-2-13-8)9(12)6(7)4-11/h1-3,11-12H,4,10H2. The monoisotopic (exact) mass is 211 g/mol. The maximum absolute atomic E-state index is 9.07. The Hall–Kier alpha value is -0.710. The third kappa shape index (κ3) is 1.31. The Balaban J connectivity index is 2.85. The first-order valence-corrected chi connectivity index (χ1v) is 5.15. The molecule has 0 aliphatic heterocycles. The summed E-state index contributed by atoms with van der Waals surface area (Å²) in [4.78, 5) is 0.791. The molecule has 13 heavy (non-hydrogen) atoms. The summed E-state index contributed by atoms with van der Waals surface area (Å²) in [6.45, 7) is -0.0591. The molecule has 2 rings (SSSR count). The second kappa shape index (κ2) is 3.21. The molecule has 0 bridgehead atoms. The van der Waals surface area contributed by atoms with Gasteiger partial charge < -0.3 is 10.8 Å². The third-order valence-corrected chi connectivity index (χ3v) is 3.40. The molecule has 0 saturated carbocycles. The number of thiol groups is 1. The van der Waals surface area contributed by atoms with Crippen LogP contribution in [0.2, 0.25) is 0 Å². The zero-order valence-electron chi connectivity index (χ0n) is 6.82. The Kier molecular flexibility index (Phi) is 2.19. The van der Waals surface area contributed by atoms with Crippen molar-refractivity contribution in [3.63, 3.8) is 0 Å². The van der Waals surface area contributed by atoms with Crippen LogP contribution in [0.15, 0.2) is 22.4 Å². The van der Waals surface area contributed by atoms with Crippen molar-refractivity contribution >= 4 is 39.7 Å². The number of nitrogen functional groups attached to an aromatic ring is 1. The summed E-state index contributed by atoms with van der Waals surface area (Å²) in [5.74, 6) is 0. The van der Waals surface area contributed by atoms with Gasteiger partial charge in [-0.25, -0.2) is 0 Å². The normalized spacial score (nSPS) is 10.9. The second-order valence-corrected chi connectivity index (χ2v) is 4.18. The van der Waals surface area contributed by atoms with E-state index < -0.39 is 0 Å². The Morgan fingerprint density at radius 1 is 1.54 bits per heavy atom. The minimum atomic E-state index is -0.0591. The number of benzene rings is 1. The molecular weight excluding hydrogens is 202 g/mol. The molecule has 0 aliphatic rings. The molecule has 1 aromatic heterocycles. The highest BCUT2D eigenvalue weighted by Gasteiger charge is 2.08. The van der Waals surface area contributed by atoms with Crippen molar-refractivity contribution in [2.24, 2.45) is 0 Å². The first-order valence-electron chi connectivity index (χ1n) is 3.82. The van der Waals surface area contributed by atoms with Gasteiger partial charge in [-0.05, 0) is 17.5 Å². The first-order chi connectivity index (χ1) is 6.24. The second-order valence-electron chi connectivity index (χ2n) is 2.78. The van der Waals surface area contributed by atoms with Gasteiger partial charge in [-0.2, -0.15) is 0 Å². The van der Waals surface area contributed by atoms with Crippen molar-refractivity contribution in [2.45, 2.75) is 11.5 Å². The topological polar surface area (TPSA) is 46.2 Å². The lowest BCUT2D eigenvalue weighted by Gasteiger charge is -2.06. The summed E-state index contributed by atoms with van der Waals surface area (Å²) in [6.07, 6.45) is 0. The highest BCUT2D eigenvalue weighted by molar-refractivity contribution is 7.80. The van der Waals surface area contributed by atoms with Gasteiger partial charge in [0, 0.05) is 26.2 Å². The fourth-order valence-corrected chi connectivity index (χ4v) is 2.64. The van der Waals surface area contributed by atoms with Crippen LogP contribution in [0.25, 0.3) is 10.1 Å². The molecule has 0 saturated heterocycles. The molecule has 68 valence electrons. The first kappa shape index (κ1) is 8.87. The predicted octanol–water partition coefficient (Wildman–Crippen LogP) is 2.26. The SMILES string of the molecule is Nc1cc2sccc2c(S)c1CO. The highest BCUT2D eigenvalue weighted by Crippen LogP contribution is 2.33. The van der Waals surface area contributed by atoms with Crippen molar-refractivity contribution in [2.75, 3.05) is 5.73 Å². The van der Waals surface area contributed by atoms with Crippen LogP contribution in [0.3, 0.4) is 0 Å². The van der Waals surface area contributed by atoms with Crippen molar-refractivity contribution < 1.29 is 5.11 Å². The lowest BCUT2D eigenvalue weighted by Crippen LogP contribution is -1.95. The number of aliphatic hydroxyl groups excluding tert-OH is 1. The van der Waals surface area contributed by atoms with Gasteiger partial charge in [0.1, 0.15) is 0 Å². The van der Waals surface area contributed by atoms with Crippen LogP contribution in [0.1, 0.15) is 5.56 Å². The Bertz CT molecular complexity index is 450. The largest absolute Gasteiger partial charge is 0.398 e. The molecule has 0 atom stereocenters. The number of hydrogen-bond acceptors (Lipinski definition) is 4. The average Bonchev–Trinajstić information content (AvgIpc) is 2.53. The molecule has 1 heterocycles. The zero-order valence-corrected chi connectivity index (χ0v) is 8.53. The van der Waals surface area contributed by atoms with Crippen LogP contribution in [0, 0.1) is 0 Å². The molecule has 1 aromatic carbocycles. The van der Waals surface area contributed by atoms with Crippen LogP contribution < -0.4 is 5.73 Å². The molecule has 0 radical (unpaired) electrons. The molecule has 0 aliphatic carbocycles. The van der Waals surface area contributed by atoms with E-state index in [1.165, 1.54) is 0 Å². The van der Waals surface area contributed by atoms with Crippen LogP contribution in [0.4, 0.5) is 5.69 Å². The lowest BCUT2D eigenvalue weighted by atomic mass is 10.1. The Morgan fingerprint density at radius 3 is 3.00 bits per heavy atom. The molecule has 3 N–H and O–H groups in total. The van der Waals surface area contributed by atoms with E-state index in [0.717, 1.165) is 15.0 Å². The summed E-state index contributed by atoms with van der Waals surface area (Å²) in [5, 5.41) is 12.1. The van der Waals surface area contributed by atoms with Crippen molar-refractivity contribution in [3.05, 3.63) is 23.1 Å². The van der Waals surface area contributed by atoms with E-state index in [2.05, 4.69) is 12.6 Å². The van der Waals surface area contributed by atoms with Gasteiger partial charge in [0.15, 0.2) is 0 Å². The summed E-state index contributed by atoms with van der Waals surface area (Å²) < 4.78 is 1.11. The third-order valence-electron chi connectivity index (χ3n) is 2.03. The van der Waals surface area contributed by atoms with Gasteiger partial charge in [0.05, 0.1) is 6.61 Å². The van der Waals surface area contributed by atoms with E-state index in [1.807, 2.05) is 17.5 Å². The van der Waals surface area contributed by atoms with Crippen LogP contribution >= 0.6 is 24.0 Å². The van der Waals surface area contributed by atoms with Gasteiger partial charge in [0.25, 0.3) is 0 Å². The smallest absolute Gasteiger partial charge is 0.0713 e. The molecule has 0 amide bonds. The number of thiophene rings is 1. The van der Waals surface area contributed by atoms with Crippen LogP contribution in [0.5, 0.6) is 0 Å². The van der Waals surface area contributed by atoms with Crippen LogP contribution in [-0.2, 0) is 6.61 Å². The molecule has 0 unspecified atom stereocenters. The Labute approximate surface area is 85.4 Å². The number of hydrogen-bond donors (Lipinski definition) is 3. The van der Waals surface area contributed by atoms with Crippen molar-refractivity contribution in [3.8, 4) is 0 Å². The number of anilines is 1. The molecule has 2 aromatic rings. The average molecular weight is 211 g/mol. The van der Waals surface area contributed by atoms with Gasteiger partial charge in [-0.1, -0.05) is 0 Å². The molecular formula is C9H9NOS2. The lowest BCUT2D eigenvalue weighted by molar-refractivity contribution is 0.280. The Morgan fingerprint density at radius 2 is 2.31 bits per heavy atom. The maximum Gasteiger partial charge on any atom is 0.0713 e. The van der Waals surface area contributed by atoms with E-state index in [4.69, 9.17) is 10.8 Å².